The van der Waals surface area contributed by atoms with Crippen molar-refractivity contribution in [3.8, 4) is 0 Å². The molecular weight excluding hydrogens is 358 g/mol. The van der Waals surface area contributed by atoms with Crippen LogP contribution >= 0.6 is 0 Å². The van der Waals surface area contributed by atoms with Gasteiger partial charge in [0.1, 0.15) is 6.54 Å². The molecule has 0 radical (unpaired) electrons. The van der Waals surface area contributed by atoms with E-state index in [2.05, 4.69) is 13.8 Å². The minimum absolute atomic E-state index is 0.262. The van der Waals surface area contributed by atoms with Crippen LogP contribution in [-0.2, 0) is 9.53 Å². The van der Waals surface area contributed by atoms with Gasteiger partial charge in [0.2, 0.25) is 0 Å². The van der Waals surface area contributed by atoms with Crippen molar-refractivity contribution in [2.75, 3.05) is 13.2 Å². The Labute approximate surface area is 163 Å². The van der Waals surface area contributed by atoms with Crippen LogP contribution in [0.15, 0.2) is 48.5 Å². The highest BCUT2D eigenvalue weighted by atomic mass is 16.5. The zero-order valence-corrected chi connectivity index (χ0v) is 15.8. The number of carbonyl (C=O) groups is 4. The quantitative estimate of drug-likeness (QED) is 0.419. The van der Waals surface area contributed by atoms with Crippen LogP contribution in [-0.4, -0.2) is 41.6 Å². The fourth-order valence-electron chi connectivity index (χ4n) is 3.02. The molecule has 0 spiro atoms. The Balaban J connectivity index is 1.55. The number of esters is 1. The molecule has 0 unspecified atom stereocenters. The second kappa shape index (κ2) is 8.17. The third-order valence-corrected chi connectivity index (χ3v) is 4.94. The molecule has 0 aliphatic carbocycles. The Morgan fingerprint density at radius 2 is 1.54 bits per heavy atom. The monoisotopic (exact) mass is 379 g/mol. The van der Waals surface area contributed by atoms with E-state index in [1.807, 2.05) is 12.1 Å². The summed E-state index contributed by atoms with van der Waals surface area (Å²) in [6, 6.07) is 13.6. The van der Waals surface area contributed by atoms with E-state index in [0.717, 1.165) is 16.9 Å². The summed E-state index contributed by atoms with van der Waals surface area (Å²) in [5, 5.41) is 0. The van der Waals surface area contributed by atoms with E-state index in [9.17, 15) is 19.2 Å². The maximum atomic E-state index is 12.2. The van der Waals surface area contributed by atoms with Crippen LogP contribution in [0.3, 0.4) is 0 Å². The zero-order chi connectivity index (χ0) is 20.3. The van der Waals surface area contributed by atoms with Gasteiger partial charge in [-0.05, 0) is 30.0 Å². The number of hydrogen-bond acceptors (Lipinski definition) is 5. The molecule has 1 heterocycles. The molecule has 1 atom stereocenters. The molecule has 2 amide bonds. The first kappa shape index (κ1) is 19.5. The Kier molecular flexibility index (Phi) is 5.68. The molecule has 3 rings (SSSR count). The minimum Gasteiger partial charge on any atom is -0.456 e. The van der Waals surface area contributed by atoms with E-state index >= 15 is 0 Å². The summed E-state index contributed by atoms with van der Waals surface area (Å²) in [7, 11) is 0. The average Bonchev–Trinajstić information content (AvgIpc) is 2.96. The average molecular weight is 379 g/mol. The van der Waals surface area contributed by atoms with Crippen LogP contribution in [0.1, 0.15) is 62.8 Å². The lowest BCUT2D eigenvalue weighted by atomic mass is 9.97. The molecule has 0 saturated carbocycles. The largest absolute Gasteiger partial charge is 0.456 e. The third-order valence-electron chi connectivity index (χ3n) is 4.94. The van der Waals surface area contributed by atoms with Gasteiger partial charge in [-0.1, -0.05) is 50.2 Å². The van der Waals surface area contributed by atoms with Crippen LogP contribution in [0, 0.1) is 0 Å². The molecule has 2 aromatic rings. The number of fused-ring (bicyclic) bond motifs is 1. The van der Waals surface area contributed by atoms with Crippen molar-refractivity contribution >= 4 is 23.6 Å². The van der Waals surface area contributed by atoms with Crippen molar-refractivity contribution in [2.24, 2.45) is 0 Å². The predicted molar refractivity (Wildman–Crippen MR) is 102 cm³/mol. The number of Topliss-reactive ketones (excluding diaryl/α,β-unsaturated/α-hetero) is 1. The van der Waals surface area contributed by atoms with E-state index in [0.29, 0.717) is 11.5 Å². The molecule has 6 nitrogen and oxygen atoms in total. The SMILES string of the molecule is CC[C@H](C)c1ccc(C(=O)COC(=O)CN2C(=O)c3ccccc3C2=O)cc1. The summed E-state index contributed by atoms with van der Waals surface area (Å²) in [6.07, 6.45) is 1.00. The van der Waals surface area contributed by atoms with Gasteiger partial charge in [0.05, 0.1) is 11.1 Å². The van der Waals surface area contributed by atoms with Crippen molar-refractivity contribution in [2.45, 2.75) is 26.2 Å². The van der Waals surface area contributed by atoms with Crippen LogP contribution in [0.25, 0.3) is 0 Å². The number of nitrogens with zero attached hydrogens (tertiary/aromatic N) is 1. The van der Waals surface area contributed by atoms with Crippen molar-refractivity contribution in [3.63, 3.8) is 0 Å². The first-order chi connectivity index (χ1) is 13.4. The molecule has 2 aromatic carbocycles. The Morgan fingerprint density at radius 1 is 0.964 bits per heavy atom. The number of rotatable bonds is 7. The molecule has 1 aliphatic heterocycles. The zero-order valence-electron chi connectivity index (χ0n) is 15.8. The van der Waals surface area contributed by atoms with E-state index in [1.54, 1.807) is 24.3 Å². The van der Waals surface area contributed by atoms with E-state index < -0.39 is 30.9 Å². The van der Waals surface area contributed by atoms with E-state index in [1.165, 1.54) is 12.1 Å². The predicted octanol–water partition coefficient (Wildman–Crippen LogP) is 3.22. The summed E-state index contributed by atoms with van der Waals surface area (Å²) in [5.41, 5.74) is 2.11. The number of hydrogen-bond donors (Lipinski definition) is 0. The first-order valence-corrected chi connectivity index (χ1v) is 9.16. The number of carbonyl (C=O) groups excluding carboxylic acids is 4. The summed E-state index contributed by atoms with van der Waals surface area (Å²) in [5.74, 6) is -1.82. The molecule has 1 aliphatic rings. The van der Waals surface area contributed by atoms with Crippen molar-refractivity contribution in [3.05, 3.63) is 70.8 Å². The van der Waals surface area contributed by atoms with Crippen LogP contribution in [0.5, 0.6) is 0 Å². The van der Waals surface area contributed by atoms with Crippen molar-refractivity contribution in [1.82, 2.24) is 4.90 Å². The van der Waals surface area contributed by atoms with Crippen LogP contribution < -0.4 is 0 Å². The van der Waals surface area contributed by atoms with E-state index in [-0.39, 0.29) is 16.9 Å². The topological polar surface area (TPSA) is 80.8 Å². The number of ketones is 1. The highest BCUT2D eigenvalue weighted by Crippen LogP contribution is 2.22. The van der Waals surface area contributed by atoms with Gasteiger partial charge in [-0.25, -0.2) is 0 Å². The number of imide groups is 1. The molecule has 0 saturated heterocycles. The van der Waals surface area contributed by atoms with Gasteiger partial charge in [-0.3, -0.25) is 24.1 Å². The first-order valence-electron chi connectivity index (χ1n) is 9.16. The lowest BCUT2D eigenvalue weighted by Gasteiger charge is -2.13. The van der Waals surface area contributed by atoms with Crippen LogP contribution in [0.4, 0.5) is 0 Å². The molecule has 28 heavy (non-hydrogen) atoms. The molecule has 0 N–H and O–H groups in total. The van der Waals surface area contributed by atoms with Gasteiger partial charge in [-0.15, -0.1) is 0 Å². The summed E-state index contributed by atoms with van der Waals surface area (Å²) in [4.78, 5) is 49.6. The normalized spacial score (nSPS) is 14.0. The fourth-order valence-corrected chi connectivity index (χ4v) is 3.02. The Hall–Kier alpha value is -3.28. The highest BCUT2D eigenvalue weighted by Gasteiger charge is 2.36. The molecule has 144 valence electrons. The van der Waals surface area contributed by atoms with Crippen LogP contribution in [0.2, 0.25) is 0 Å². The van der Waals surface area contributed by atoms with Gasteiger partial charge in [0, 0.05) is 5.56 Å². The minimum atomic E-state index is -0.806. The lowest BCUT2D eigenvalue weighted by Crippen LogP contribution is -2.36. The van der Waals surface area contributed by atoms with E-state index in [4.69, 9.17) is 4.74 Å². The third kappa shape index (κ3) is 3.86. The lowest BCUT2D eigenvalue weighted by molar-refractivity contribution is -0.142. The van der Waals surface area contributed by atoms with Gasteiger partial charge < -0.3 is 4.74 Å². The summed E-state index contributed by atoms with van der Waals surface area (Å²) < 4.78 is 4.98. The van der Waals surface area contributed by atoms with Gasteiger partial charge in [0.15, 0.2) is 12.4 Å². The Morgan fingerprint density at radius 3 is 2.07 bits per heavy atom. The smallest absolute Gasteiger partial charge is 0.326 e. The second-order valence-corrected chi connectivity index (χ2v) is 6.76. The molecule has 0 aromatic heterocycles. The standard InChI is InChI=1S/C22H21NO5/c1-3-14(2)15-8-10-16(11-9-15)19(24)13-28-20(25)12-23-21(26)17-6-4-5-7-18(17)22(23)27/h4-11,14H,3,12-13H2,1-2H3/t14-/m0/s1. The van der Waals surface area contributed by atoms with Gasteiger partial charge in [0.25, 0.3) is 11.8 Å². The summed E-state index contributed by atoms with van der Waals surface area (Å²) >= 11 is 0. The molecular formula is C22H21NO5. The van der Waals surface area contributed by atoms with Gasteiger partial charge >= 0.3 is 5.97 Å². The fraction of sp³-hybridized carbons (Fsp3) is 0.273. The second-order valence-electron chi connectivity index (χ2n) is 6.76. The maximum absolute atomic E-state index is 12.2. The van der Waals surface area contributed by atoms with Crippen molar-refractivity contribution < 1.29 is 23.9 Å². The van der Waals surface area contributed by atoms with Gasteiger partial charge in [-0.2, -0.15) is 0 Å². The van der Waals surface area contributed by atoms with Crippen molar-refractivity contribution in [1.29, 1.82) is 0 Å². The number of ether oxygens (including phenoxy) is 1. The maximum Gasteiger partial charge on any atom is 0.326 e. The number of amides is 2. The number of benzene rings is 2. The highest BCUT2D eigenvalue weighted by molar-refractivity contribution is 6.22. The Bertz CT molecular complexity index is 897. The molecule has 0 fully saturated rings. The molecule has 0 bridgehead atoms. The summed E-state index contributed by atoms with van der Waals surface area (Å²) in [6.45, 7) is 3.24. The molecule has 6 heteroatoms.